The van der Waals surface area contributed by atoms with Crippen molar-refractivity contribution in [1.82, 2.24) is 18.9 Å². The topological polar surface area (TPSA) is 87.8 Å². The van der Waals surface area contributed by atoms with Gasteiger partial charge in [0.25, 0.3) is 5.56 Å². The van der Waals surface area contributed by atoms with Crippen molar-refractivity contribution in [2.24, 2.45) is 5.73 Å². The lowest BCUT2D eigenvalue weighted by molar-refractivity contribution is 0.516. The summed E-state index contributed by atoms with van der Waals surface area (Å²) in [6.07, 6.45) is 3.99. The fourth-order valence-corrected chi connectivity index (χ4v) is 2.06. The summed E-state index contributed by atoms with van der Waals surface area (Å²) < 4.78 is 4.54. The number of nitrogens with two attached hydrogens (primary N) is 1. The van der Waals surface area contributed by atoms with E-state index in [4.69, 9.17) is 5.73 Å². The van der Waals surface area contributed by atoms with Crippen LogP contribution < -0.4 is 17.0 Å². The van der Waals surface area contributed by atoms with Crippen molar-refractivity contribution >= 4 is 0 Å². The van der Waals surface area contributed by atoms with Crippen molar-refractivity contribution in [2.75, 3.05) is 6.54 Å². The van der Waals surface area contributed by atoms with Gasteiger partial charge in [-0.2, -0.15) is 5.10 Å². The molecule has 0 aliphatic heterocycles. The van der Waals surface area contributed by atoms with Gasteiger partial charge in [0.15, 0.2) is 0 Å². The molecule has 21 heavy (non-hydrogen) atoms. The first-order valence-corrected chi connectivity index (χ1v) is 7.07. The van der Waals surface area contributed by atoms with Gasteiger partial charge in [0, 0.05) is 31.0 Å². The van der Waals surface area contributed by atoms with Crippen LogP contribution in [0.25, 0.3) is 0 Å². The Balaban J connectivity index is 2.27. The van der Waals surface area contributed by atoms with E-state index < -0.39 is 0 Å². The molecule has 0 amide bonds. The summed E-state index contributed by atoms with van der Waals surface area (Å²) in [6, 6.07) is 3.55. The first kappa shape index (κ1) is 15.2. The third kappa shape index (κ3) is 3.49. The van der Waals surface area contributed by atoms with Crippen molar-refractivity contribution in [2.45, 2.75) is 39.4 Å². The summed E-state index contributed by atoms with van der Waals surface area (Å²) in [5.74, 6) is 0. The van der Waals surface area contributed by atoms with Crippen LogP contribution in [0.2, 0.25) is 0 Å². The number of rotatable bonds is 6. The molecule has 0 saturated carbocycles. The molecule has 7 nitrogen and oxygen atoms in total. The Morgan fingerprint density at radius 3 is 2.62 bits per heavy atom. The van der Waals surface area contributed by atoms with Crippen molar-refractivity contribution in [1.29, 1.82) is 0 Å². The highest BCUT2D eigenvalue weighted by atomic mass is 16.2. The fourth-order valence-electron chi connectivity index (χ4n) is 2.06. The summed E-state index contributed by atoms with van der Waals surface area (Å²) in [5.41, 5.74) is 5.60. The van der Waals surface area contributed by atoms with Gasteiger partial charge in [-0.15, -0.1) is 0 Å². The van der Waals surface area contributed by atoms with Crippen molar-refractivity contribution in [3.05, 3.63) is 51.1 Å². The normalized spacial score (nSPS) is 11.2. The van der Waals surface area contributed by atoms with Crippen molar-refractivity contribution < 1.29 is 0 Å². The Bertz CT molecular complexity index is 711. The van der Waals surface area contributed by atoms with E-state index in [0.717, 1.165) is 5.69 Å². The van der Waals surface area contributed by atoms with Gasteiger partial charge in [0.05, 0.1) is 12.2 Å². The zero-order chi connectivity index (χ0) is 15.4. The molecule has 2 aromatic rings. The molecule has 0 atom stereocenters. The molecule has 2 N–H and O–H groups in total. The third-order valence-electron chi connectivity index (χ3n) is 3.25. The van der Waals surface area contributed by atoms with Crippen LogP contribution in [0.3, 0.4) is 0 Å². The van der Waals surface area contributed by atoms with Gasteiger partial charge in [-0.05, 0) is 32.9 Å². The highest BCUT2D eigenvalue weighted by molar-refractivity contribution is 5.01. The van der Waals surface area contributed by atoms with Gasteiger partial charge in [0.2, 0.25) is 0 Å². The number of hydrogen-bond donors (Lipinski definition) is 1. The lowest BCUT2D eigenvalue weighted by atomic mass is 10.4. The van der Waals surface area contributed by atoms with Gasteiger partial charge in [-0.25, -0.2) is 4.79 Å². The van der Waals surface area contributed by atoms with E-state index in [1.807, 2.05) is 30.8 Å². The summed E-state index contributed by atoms with van der Waals surface area (Å²) >= 11 is 0. The molecule has 7 heteroatoms. The molecule has 0 fully saturated rings. The second-order valence-corrected chi connectivity index (χ2v) is 5.24. The zero-order valence-electron chi connectivity index (χ0n) is 12.4. The van der Waals surface area contributed by atoms with Crippen LogP contribution in [0.1, 0.15) is 32.0 Å². The standard InChI is InChI=1S/C14H21N5O2/c1-11(2)19-9-4-12(16-19)10-17-8-5-13(20)18(14(17)21)7-3-6-15/h4-5,8-9,11H,3,6-7,10,15H2,1-2H3. The number of aromatic nitrogens is 4. The van der Waals surface area contributed by atoms with Crippen LogP contribution in [0.5, 0.6) is 0 Å². The maximum Gasteiger partial charge on any atom is 0.331 e. The Labute approximate surface area is 122 Å². The lowest BCUT2D eigenvalue weighted by Crippen LogP contribution is -2.39. The Hall–Kier alpha value is -2.15. The molecule has 114 valence electrons. The zero-order valence-corrected chi connectivity index (χ0v) is 12.4. The molecule has 2 aromatic heterocycles. The van der Waals surface area contributed by atoms with Gasteiger partial charge in [-0.1, -0.05) is 0 Å². The molecule has 0 aromatic carbocycles. The Morgan fingerprint density at radius 2 is 2.00 bits per heavy atom. The van der Waals surface area contributed by atoms with E-state index in [9.17, 15) is 9.59 Å². The SMILES string of the molecule is CC(C)n1ccc(Cn2ccc(=O)n(CCCN)c2=O)n1. The van der Waals surface area contributed by atoms with Gasteiger partial charge >= 0.3 is 5.69 Å². The summed E-state index contributed by atoms with van der Waals surface area (Å²) in [4.78, 5) is 24.0. The predicted molar refractivity (Wildman–Crippen MR) is 80.3 cm³/mol. The smallest absolute Gasteiger partial charge is 0.330 e. The first-order valence-electron chi connectivity index (χ1n) is 7.07. The lowest BCUT2D eigenvalue weighted by Gasteiger charge is -2.08. The van der Waals surface area contributed by atoms with E-state index in [1.54, 1.807) is 0 Å². The van der Waals surface area contributed by atoms with Crippen LogP contribution in [0.4, 0.5) is 0 Å². The molecule has 0 saturated heterocycles. The van der Waals surface area contributed by atoms with Gasteiger partial charge in [0.1, 0.15) is 0 Å². The van der Waals surface area contributed by atoms with Crippen LogP contribution in [0.15, 0.2) is 34.1 Å². The molecule has 0 spiro atoms. The monoisotopic (exact) mass is 291 g/mol. The Kier molecular flexibility index (Phi) is 4.74. The molecule has 0 aliphatic carbocycles. The fraction of sp³-hybridized carbons (Fsp3) is 0.500. The predicted octanol–water partition coefficient (Wildman–Crippen LogP) is 0.185. The summed E-state index contributed by atoms with van der Waals surface area (Å²) in [5, 5.41) is 4.41. The van der Waals surface area contributed by atoms with Crippen molar-refractivity contribution in [3.8, 4) is 0 Å². The molecule has 0 unspecified atom stereocenters. The second kappa shape index (κ2) is 6.53. The van der Waals surface area contributed by atoms with Crippen LogP contribution in [-0.2, 0) is 13.1 Å². The maximum atomic E-state index is 12.3. The van der Waals surface area contributed by atoms with E-state index in [1.165, 1.54) is 21.4 Å². The highest BCUT2D eigenvalue weighted by Gasteiger charge is 2.07. The van der Waals surface area contributed by atoms with E-state index >= 15 is 0 Å². The second-order valence-electron chi connectivity index (χ2n) is 5.24. The average molecular weight is 291 g/mol. The average Bonchev–Trinajstić information content (AvgIpc) is 2.91. The van der Waals surface area contributed by atoms with Gasteiger partial charge in [-0.3, -0.25) is 18.6 Å². The molecular formula is C14H21N5O2. The van der Waals surface area contributed by atoms with Crippen LogP contribution >= 0.6 is 0 Å². The number of nitrogens with zero attached hydrogens (tertiary/aromatic N) is 4. The van der Waals surface area contributed by atoms with Crippen molar-refractivity contribution in [3.63, 3.8) is 0 Å². The Morgan fingerprint density at radius 1 is 1.24 bits per heavy atom. The van der Waals surface area contributed by atoms with E-state index in [0.29, 0.717) is 26.1 Å². The van der Waals surface area contributed by atoms with E-state index in [2.05, 4.69) is 5.10 Å². The highest BCUT2D eigenvalue weighted by Crippen LogP contribution is 2.04. The number of hydrogen-bond acceptors (Lipinski definition) is 4. The summed E-state index contributed by atoms with van der Waals surface area (Å²) in [7, 11) is 0. The third-order valence-corrected chi connectivity index (χ3v) is 3.25. The minimum absolute atomic E-state index is 0.272. The molecule has 2 rings (SSSR count). The minimum Gasteiger partial charge on any atom is -0.330 e. The van der Waals surface area contributed by atoms with Crippen LogP contribution in [0, 0.1) is 0 Å². The molecule has 2 heterocycles. The van der Waals surface area contributed by atoms with E-state index in [-0.39, 0.29) is 17.3 Å². The molecule has 0 aliphatic rings. The van der Waals surface area contributed by atoms with Crippen LogP contribution in [-0.4, -0.2) is 25.5 Å². The largest absolute Gasteiger partial charge is 0.331 e. The molecular weight excluding hydrogens is 270 g/mol. The maximum absolute atomic E-state index is 12.3. The van der Waals surface area contributed by atoms with Gasteiger partial charge < -0.3 is 5.73 Å². The quantitative estimate of drug-likeness (QED) is 0.822. The molecule has 0 bridgehead atoms. The first-order chi connectivity index (χ1) is 10.0. The molecule has 0 radical (unpaired) electrons. The minimum atomic E-state index is -0.324. The summed E-state index contributed by atoms with van der Waals surface area (Å²) in [6.45, 7) is 5.21.